The van der Waals surface area contributed by atoms with E-state index in [1.807, 2.05) is 6.07 Å². The fourth-order valence-corrected chi connectivity index (χ4v) is 3.24. The van der Waals surface area contributed by atoms with Crippen LogP contribution in [0.2, 0.25) is 5.02 Å². The number of pyridine rings is 1. The van der Waals surface area contributed by atoms with Gasteiger partial charge in [-0.25, -0.2) is 4.98 Å². The quantitative estimate of drug-likeness (QED) is 0.914. The average Bonchev–Trinajstić information content (AvgIpc) is 2.68. The van der Waals surface area contributed by atoms with Gasteiger partial charge in [0.1, 0.15) is 0 Å². The number of likely N-dealkylation sites (N-methyl/N-ethyl adjacent to an activating group) is 1. The molecule has 3 nitrogen and oxygen atoms in total. The molecule has 2 heterocycles. The Morgan fingerprint density at radius 3 is 2.79 bits per heavy atom. The molecular formula is C14H18ClN3S. The van der Waals surface area contributed by atoms with E-state index in [1.54, 1.807) is 23.7 Å². The SMILES string of the molecule is CCNC(Cc1nc(C)c(C)s1)c1ccncc1Cl. The van der Waals surface area contributed by atoms with Crippen LogP contribution >= 0.6 is 22.9 Å². The Labute approximate surface area is 123 Å². The van der Waals surface area contributed by atoms with Gasteiger partial charge in [-0.2, -0.15) is 0 Å². The second-order valence-corrected chi connectivity index (χ2v) is 6.16. The van der Waals surface area contributed by atoms with Crippen molar-refractivity contribution in [1.82, 2.24) is 15.3 Å². The Kier molecular flexibility index (Phi) is 4.91. The van der Waals surface area contributed by atoms with Gasteiger partial charge in [0.25, 0.3) is 0 Å². The minimum Gasteiger partial charge on any atom is -0.310 e. The molecule has 1 atom stereocenters. The molecule has 1 N–H and O–H groups in total. The Morgan fingerprint density at radius 1 is 1.42 bits per heavy atom. The molecule has 0 saturated heterocycles. The van der Waals surface area contributed by atoms with Crippen molar-refractivity contribution in [2.75, 3.05) is 6.54 Å². The minimum atomic E-state index is 0.186. The molecule has 2 aromatic rings. The van der Waals surface area contributed by atoms with E-state index in [0.29, 0.717) is 5.02 Å². The number of hydrogen-bond donors (Lipinski definition) is 1. The molecule has 1 unspecified atom stereocenters. The maximum Gasteiger partial charge on any atom is 0.0949 e. The largest absolute Gasteiger partial charge is 0.310 e. The number of aromatic nitrogens is 2. The van der Waals surface area contributed by atoms with Gasteiger partial charge < -0.3 is 5.32 Å². The monoisotopic (exact) mass is 295 g/mol. The summed E-state index contributed by atoms with van der Waals surface area (Å²) in [5.41, 5.74) is 2.21. The van der Waals surface area contributed by atoms with Crippen LogP contribution in [0.15, 0.2) is 18.5 Å². The van der Waals surface area contributed by atoms with Gasteiger partial charge in [-0.3, -0.25) is 4.98 Å². The van der Waals surface area contributed by atoms with Gasteiger partial charge in [-0.1, -0.05) is 18.5 Å². The van der Waals surface area contributed by atoms with Crippen molar-refractivity contribution in [3.8, 4) is 0 Å². The third kappa shape index (κ3) is 3.53. The molecule has 2 rings (SSSR count). The van der Waals surface area contributed by atoms with E-state index in [9.17, 15) is 0 Å². The molecule has 0 amide bonds. The average molecular weight is 296 g/mol. The Morgan fingerprint density at radius 2 is 2.21 bits per heavy atom. The van der Waals surface area contributed by atoms with Gasteiger partial charge in [0.05, 0.1) is 15.7 Å². The highest BCUT2D eigenvalue weighted by Crippen LogP contribution is 2.27. The predicted molar refractivity (Wildman–Crippen MR) is 81.0 cm³/mol. The standard InChI is InChI=1S/C14H18ClN3S/c1-4-17-13(11-5-6-16-8-12(11)15)7-14-18-9(2)10(3)19-14/h5-6,8,13,17H,4,7H2,1-3H3. The lowest BCUT2D eigenvalue weighted by Gasteiger charge is -2.18. The number of nitrogens with one attached hydrogen (secondary N) is 1. The van der Waals surface area contributed by atoms with Crippen molar-refractivity contribution in [3.63, 3.8) is 0 Å². The van der Waals surface area contributed by atoms with Crippen LogP contribution < -0.4 is 5.32 Å². The van der Waals surface area contributed by atoms with E-state index in [-0.39, 0.29) is 6.04 Å². The second kappa shape index (κ2) is 6.46. The van der Waals surface area contributed by atoms with Gasteiger partial charge in [0.15, 0.2) is 0 Å². The van der Waals surface area contributed by atoms with Crippen LogP contribution in [-0.4, -0.2) is 16.5 Å². The minimum absolute atomic E-state index is 0.186. The summed E-state index contributed by atoms with van der Waals surface area (Å²) >= 11 is 8.00. The summed E-state index contributed by atoms with van der Waals surface area (Å²) in [5.74, 6) is 0. The molecule has 0 aromatic carbocycles. The summed E-state index contributed by atoms with van der Waals surface area (Å²) in [4.78, 5) is 9.93. The van der Waals surface area contributed by atoms with Gasteiger partial charge in [0.2, 0.25) is 0 Å². The first-order valence-corrected chi connectivity index (χ1v) is 7.57. The van der Waals surface area contributed by atoms with E-state index < -0.39 is 0 Å². The zero-order valence-corrected chi connectivity index (χ0v) is 13.0. The first-order valence-electron chi connectivity index (χ1n) is 6.37. The maximum atomic E-state index is 6.24. The molecule has 19 heavy (non-hydrogen) atoms. The van der Waals surface area contributed by atoms with Gasteiger partial charge in [0, 0.05) is 29.7 Å². The van der Waals surface area contributed by atoms with E-state index in [0.717, 1.165) is 29.2 Å². The van der Waals surface area contributed by atoms with Crippen molar-refractivity contribution in [3.05, 3.63) is 44.6 Å². The summed E-state index contributed by atoms with van der Waals surface area (Å²) < 4.78 is 0. The van der Waals surface area contributed by atoms with E-state index >= 15 is 0 Å². The fourth-order valence-electron chi connectivity index (χ4n) is 2.01. The Bertz CT molecular complexity index is 534. The molecule has 2 aromatic heterocycles. The lowest BCUT2D eigenvalue weighted by atomic mass is 10.1. The third-order valence-electron chi connectivity index (χ3n) is 3.08. The van der Waals surface area contributed by atoms with Crippen molar-refractivity contribution in [2.24, 2.45) is 0 Å². The molecule has 0 aliphatic carbocycles. The Balaban J connectivity index is 2.23. The molecule has 0 aliphatic rings. The van der Waals surface area contributed by atoms with Gasteiger partial charge in [-0.15, -0.1) is 11.3 Å². The van der Waals surface area contributed by atoms with Crippen molar-refractivity contribution < 1.29 is 0 Å². The summed E-state index contributed by atoms with van der Waals surface area (Å²) in [6, 6.07) is 2.16. The molecule has 0 fully saturated rings. The topological polar surface area (TPSA) is 37.8 Å². The highest BCUT2D eigenvalue weighted by molar-refractivity contribution is 7.11. The number of halogens is 1. The number of hydrogen-bond acceptors (Lipinski definition) is 4. The van der Waals surface area contributed by atoms with Crippen LogP contribution in [0.5, 0.6) is 0 Å². The first-order chi connectivity index (χ1) is 9.11. The van der Waals surface area contributed by atoms with Crippen molar-refractivity contribution in [1.29, 1.82) is 0 Å². The Hall–Kier alpha value is -0.970. The molecule has 0 radical (unpaired) electrons. The fraction of sp³-hybridized carbons (Fsp3) is 0.429. The van der Waals surface area contributed by atoms with Crippen LogP contribution in [0.3, 0.4) is 0 Å². The zero-order chi connectivity index (χ0) is 13.8. The van der Waals surface area contributed by atoms with Gasteiger partial charge >= 0.3 is 0 Å². The normalized spacial score (nSPS) is 12.6. The second-order valence-electron chi connectivity index (χ2n) is 4.46. The molecule has 0 aliphatic heterocycles. The summed E-state index contributed by atoms with van der Waals surface area (Å²) in [6.07, 6.45) is 4.33. The maximum absolute atomic E-state index is 6.24. The van der Waals surface area contributed by atoms with Crippen molar-refractivity contribution in [2.45, 2.75) is 33.2 Å². The lowest BCUT2D eigenvalue weighted by Crippen LogP contribution is -2.23. The molecule has 0 saturated carbocycles. The molecule has 0 bridgehead atoms. The van der Waals surface area contributed by atoms with Crippen LogP contribution in [0.1, 0.15) is 34.1 Å². The molecule has 102 valence electrons. The van der Waals surface area contributed by atoms with Crippen molar-refractivity contribution >= 4 is 22.9 Å². The first kappa shape index (κ1) is 14.4. The third-order valence-corrected chi connectivity index (χ3v) is 4.49. The number of thiazole rings is 1. The van der Waals surface area contributed by atoms with Crippen LogP contribution in [-0.2, 0) is 6.42 Å². The van der Waals surface area contributed by atoms with E-state index in [2.05, 4.69) is 36.1 Å². The van der Waals surface area contributed by atoms with Crippen LogP contribution in [0.4, 0.5) is 0 Å². The van der Waals surface area contributed by atoms with E-state index in [1.165, 1.54) is 4.88 Å². The van der Waals surface area contributed by atoms with E-state index in [4.69, 9.17) is 11.6 Å². The smallest absolute Gasteiger partial charge is 0.0949 e. The number of rotatable bonds is 5. The number of aryl methyl sites for hydroxylation is 2. The molecule has 0 spiro atoms. The summed E-state index contributed by atoms with van der Waals surface area (Å²) in [5, 5.41) is 5.33. The highest BCUT2D eigenvalue weighted by atomic mass is 35.5. The summed E-state index contributed by atoms with van der Waals surface area (Å²) in [6.45, 7) is 7.16. The molecular weight excluding hydrogens is 278 g/mol. The molecule has 5 heteroatoms. The van der Waals surface area contributed by atoms with Crippen LogP contribution in [0, 0.1) is 13.8 Å². The lowest BCUT2D eigenvalue weighted by molar-refractivity contribution is 0.548. The highest BCUT2D eigenvalue weighted by Gasteiger charge is 2.16. The van der Waals surface area contributed by atoms with Gasteiger partial charge in [-0.05, 0) is 32.0 Å². The van der Waals surface area contributed by atoms with Crippen LogP contribution in [0.25, 0.3) is 0 Å². The zero-order valence-electron chi connectivity index (χ0n) is 11.4. The number of nitrogens with zero attached hydrogens (tertiary/aromatic N) is 2. The predicted octanol–water partition coefficient (Wildman–Crippen LogP) is 3.70. The summed E-state index contributed by atoms with van der Waals surface area (Å²) in [7, 11) is 0.